The summed E-state index contributed by atoms with van der Waals surface area (Å²) in [5.74, 6) is -0.302. The average Bonchev–Trinajstić information content (AvgIpc) is 2.88. The maximum absolute atomic E-state index is 13.7. The quantitative estimate of drug-likeness (QED) is 0.466. The molecular weight excluding hydrogens is 472 g/mol. The summed E-state index contributed by atoms with van der Waals surface area (Å²) in [6.45, 7) is 2.13. The predicted octanol–water partition coefficient (Wildman–Crippen LogP) is 4.25. The van der Waals surface area contributed by atoms with E-state index >= 15 is 0 Å². The topological polar surface area (TPSA) is 66.9 Å². The van der Waals surface area contributed by atoms with Gasteiger partial charge < -0.3 is 9.64 Å². The monoisotopic (exact) mass is 498 g/mol. The molecular formula is C26H27ClN2O4S. The molecule has 0 radical (unpaired) electrons. The van der Waals surface area contributed by atoms with Crippen LogP contribution in [0.1, 0.15) is 21.5 Å². The molecule has 0 saturated carbocycles. The second-order valence-corrected chi connectivity index (χ2v) is 10.5. The third-order valence-corrected chi connectivity index (χ3v) is 8.02. The first kappa shape index (κ1) is 24.4. The average molecular weight is 499 g/mol. The van der Waals surface area contributed by atoms with Crippen molar-refractivity contribution in [2.45, 2.75) is 17.9 Å². The van der Waals surface area contributed by atoms with Crippen LogP contribution >= 0.6 is 11.6 Å². The van der Waals surface area contributed by atoms with Crippen LogP contribution in [0.2, 0.25) is 5.02 Å². The van der Waals surface area contributed by atoms with E-state index < -0.39 is 10.0 Å². The lowest BCUT2D eigenvalue weighted by Crippen LogP contribution is -2.40. The Labute approximate surface area is 205 Å². The number of halogens is 1. The second kappa shape index (κ2) is 11.1. The van der Waals surface area contributed by atoms with Crippen LogP contribution in [0.25, 0.3) is 0 Å². The highest BCUT2D eigenvalue weighted by Gasteiger charge is 2.28. The van der Waals surface area contributed by atoms with Gasteiger partial charge in [0.05, 0.1) is 28.7 Å². The minimum atomic E-state index is -3.75. The first-order valence-electron chi connectivity index (χ1n) is 11.2. The molecule has 8 heteroatoms. The Kier molecular flexibility index (Phi) is 8.00. The molecule has 1 fully saturated rings. The molecule has 0 aliphatic carbocycles. The van der Waals surface area contributed by atoms with Gasteiger partial charge in [0.1, 0.15) is 0 Å². The molecule has 1 aliphatic heterocycles. The Morgan fingerprint density at radius 3 is 2.18 bits per heavy atom. The van der Waals surface area contributed by atoms with Gasteiger partial charge >= 0.3 is 0 Å². The van der Waals surface area contributed by atoms with E-state index in [1.54, 1.807) is 4.90 Å². The molecule has 0 unspecified atom stereocenters. The highest BCUT2D eigenvalue weighted by Crippen LogP contribution is 2.25. The van der Waals surface area contributed by atoms with Crippen LogP contribution in [0.4, 0.5) is 0 Å². The van der Waals surface area contributed by atoms with Crippen molar-refractivity contribution in [3.05, 3.63) is 101 Å². The number of benzene rings is 3. The SMILES string of the molecule is O=C(c1cc(S(=O)(=O)N2CCOCC2)ccc1Cl)N(CCc1ccccc1)Cc1ccccc1. The lowest BCUT2D eigenvalue weighted by molar-refractivity contribution is 0.0729. The van der Waals surface area contributed by atoms with Crippen LogP contribution in [-0.2, 0) is 27.7 Å². The number of morpholine rings is 1. The maximum Gasteiger partial charge on any atom is 0.255 e. The minimum absolute atomic E-state index is 0.0601. The van der Waals surface area contributed by atoms with Crippen molar-refractivity contribution < 1.29 is 17.9 Å². The number of carbonyl (C=O) groups is 1. The molecule has 0 bridgehead atoms. The van der Waals surface area contributed by atoms with Crippen LogP contribution in [0, 0.1) is 0 Å². The Morgan fingerprint density at radius 2 is 1.53 bits per heavy atom. The van der Waals surface area contributed by atoms with Crippen molar-refractivity contribution in [3.8, 4) is 0 Å². The zero-order chi connectivity index (χ0) is 24.0. The van der Waals surface area contributed by atoms with Crippen LogP contribution in [0.15, 0.2) is 83.8 Å². The standard InChI is InChI=1S/C26H27ClN2O4S/c27-25-12-11-23(34(31,32)29-15-17-33-18-16-29)19-24(25)26(30)28(20-22-9-5-2-6-10-22)14-13-21-7-3-1-4-8-21/h1-12,19H,13-18,20H2. The van der Waals surface area contributed by atoms with E-state index in [1.165, 1.54) is 22.5 Å². The highest BCUT2D eigenvalue weighted by molar-refractivity contribution is 7.89. The molecule has 4 rings (SSSR count). The first-order valence-corrected chi connectivity index (χ1v) is 13.0. The molecule has 1 heterocycles. The molecule has 3 aromatic carbocycles. The van der Waals surface area contributed by atoms with Gasteiger partial charge in [0.25, 0.3) is 5.91 Å². The van der Waals surface area contributed by atoms with Crippen LogP contribution < -0.4 is 0 Å². The molecule has 3 aromatic rings. The normalized spacial score (nSPS) is 14.6. The van der Waals surface area contributed by atoms with Gasteiger partial charge in [-0.3, -0.25) is 4.79 Å². The number of carbonyl (C=O) groups excluding carboxylic acids is 1. The fraction of sp³-hybridized carbons (Fsp3) is 0.269. The summed E-state index contributed by atoms with van der Waals surface area (Å²) in [6.07, 6.45) is 0.669. The molecule has 0 N–H and O–H groups in total. The number of nitrogens with zero attached hydrogens (tertiary/aromatic N) is 2. The molecule has 1 aliphatic rings. The summed E-state index contributed by atoms with van der Waals surface area (Å²) in [6, 6.07) is 24.0. The summed E-state index contributed by atoms with van der Waals surface area (Å²) in [5.41, 5.74) is 2.28. The molecule has 1 amide bonds. The van der Waals surface area contributed by atoms with Gasteiger partial charge in [0, 0.05) is 26.2 Å². The molecule has 6 nitrogen and oxygen atoms in total. The van der Waals surface area contributed by atoms with Gasteiger partial charge in [-0.2, -0.15) is 4.31 Å². The molecule has 0 atom stereocenters. The maximum atomic E-state index is 13.7. The third kappa shape index (κ3) is 5.85. The Bertz CT molecular complexity index is 1210. The summed E-state index contributed by atoms with van der Waals surface area (Å²) in [7, 11) is -3.75. The number of amides is 1. The van der Waals surface area contributed by atoms with Crippen molar-refractivity contribution in [2.75, 3.05) is 32.8 Å². The molecule has 1 saturated heterocycles. The van der Waals surface area contributed by atoms with Gasteiger partial charge in [0.2, 0.25) is 10.0 Å². The van der Waals surface area contributed by atoms with Crippen molar-refractivity contribution in [3.63, 3.8) is 0 Å². The van der Waals surface area contributed by atoms with E-state index in [0.717, 1.165) is 11.1 Å². The fourth-order valence-corrected chi connectivity index (χ4v) is 5.53. The summed E-state index contributed by atoms with van der Waals surface area (Å²) in [5, 5.41) is 0.226. The van der Waals surface area contributed by atoms with Gasteiger partial charge in [-0.15, -0.1) is 0 Å². The molecule has 34 heavy (non-hydrogen) atoms. The lowest BCUT2D eigenvalue weighted by atomic mass is 10.1. The Balaban J connectivity index is 1.62. The van der Waals surface area contributed by atoms with Crippen LogP contribution in [0.3, 0.4) is 0 Å². The van der Waals surface area contributed by atoms with E-state index in [2.05, 4.69) is 0 Å². The van der Waals surface area contributed by atoms with E-state index in [1.807, 2.05) is 60.7 Å². The van der Waals surface area contributed by atoms with Gasteiger partial charge in [0.15, 0.2) is 0 Å². The summed E-state index contributed by atoms with van der Waals surface area (Å²) in [4.78, 5) is 15.4. The molecule has 178 valence electrons. The second-order valence-electron chi connectivity index (χ2n) is 8.11. The number of sulfonamides is 1. The van der Waals surface area contributed by atoms with Gasteiger partial charge in [-0.1, -0.05) is 72.3 Å². The van der Waals surface area contributed by atoms with Gasteiger partial charge in [-0.25, -0.2) is 8.42 Å². The highest BCUT2D eigenvalue weighted by atomic mass is 35.5. The molecule has 0 aromatic heterocycles. The number of rotatable bonds is 8. The Morgan fingerprint density at radius 1 is 0.912 bits per heavy atom. The zero-order valence-corrected chi connectivity index (χ0v) is 20.3. The number of ether oxygens (including phenoxy) is 1. The zero-order valence-electron chi connectivity index (χ0n) is 18.8. The first-order chi connectivity index (χ1) is 16.4. The largest absolute Gasteiger partial charge is 0.379 e. The minimum Gasteiger partial charge on any atom is -0.379 e. The van der Waals surface area contributed by atoms with E-state index in [-0.39, 0.29) is 34.5 Å². The van der Waals surface area contributed by atoms with Crippen molar-refractivity contribution in [1.29, 1.82) is 0 Å². The van der Waals surface area contributed by atoms with E-state index in [0.29, 0.717) is 32.7 Å². The van der Waals surface area contributed by atoms with Gasteiger partial charge in [-0.05, 0) is 35.7 Å². The van der Waals surface area contributed by atoms with Crippen molar-refractivity contribution in [2.24, 2.45) is 0 Å². The lowest BCUT2D eigenvalue weighted by Gasteiger charge is -2.27. The molecule has 0 spiro atoms. The summed E-state index contributed by atoms with van der Waals surface area (Å²) >= 11 is 6.42. The van der Waals surface area contributed by atoms with Crippen LogP contribution in [0.5, 0.6) is 0 Å². The van der Waals surface area contributed by atoms with Crippen LogP contribution in [-0.4, -0.2) is 56.4 Å². The smallest absolute Gasteiger partial charge is 0.255 e. The number of hydrogen-bond acceptors (Lipinski definition) is 4. The van der Waals surface area contributed by atoms with E-state index in [4.69, 9.17) is 16.3 Å². The number of hydrogen-bond donors (Lipinski definition) is 0. The van der Waals surface area contributed by atoms with E-state index in [9.17, 15) is 13.2 Å². The Hall–Kier alpha value is -2.71. The fourth-order valence-electron chi connectivity index (χ4n) is 3.90. The third-order valence-electron chi connectivity index (χ3n) is 5.79. The van der Waals surface area contributed by atoms with Crippen molar-refractivity contribution >= 4 is 27.5 Å². The summed E-state index contributed by atoms with van der Waals surface area (Å²) < 4.78 is 32.9. The predicted molar refractivity (Wildman–Crippen MR) is 132 cm³/mol. The van der Waals surface area contributed by atoms with Crippen molar-refractivity contribution in [1.82, 2.24) is 9.21 Å².